The summed E-state index contributed by atoms with van der Waals surface area (Å²) in [6.45, 7) is 10.8. The van der Waals surface area contributed by atoms with Crippen LogP contribution in [0.5, 0.6) is 0 Å². The predicted octanol–water partition coefficient (Wildman–Crippen LogP) is 1.46. The molecule has 0 amide bonds. The summed E-state index contributed by atoms with van der Waals surface area (Å²) < 4.78 is 5.64. The van der Waals surface area contributed by atoms with E-state index in [0.717, 1.165) is 5.69 Å². The van der Waals surface area contributed by atoms with Crippen LogP contribution in [0.15, 0.2) is 18.3 Å². The second-order valence-corrected chi connectivity index (χ2v) is 6.17. The molecule has 0 aromatic carbocycles. The lowest BCUT2D eigenvalue weighted by Gasteiger charge is -2.38. The molecule has 106 valence electrons. The fourth-order valence-electron chi connectivity index (χ4n) is 1.61. The molecule has 0 radical (unpaired) electrons. The highest BCUT2D eigenvalue weighted by Crippen LogP contribution is 2.25. The molecule has 2 N–H and O–H groups in total. The number of hydrogen-bond acceptors (Lipinski definition) is 4. The van der Waals surface area contributed by atoms with Crippen molar-refractivity contribution in [2.45, 2.75) is 58.7 Å². The molecule has 0 fully saturated rings. The lowest BCUT2D eigenvalue weighted by Crippen LogP contribution is -2.53. The fraction of sp³-hybridized carbons (Fsp3) is 0.643. The molecule has 0 aliphatic heterocycles. The van der Waals surface area contributed by atoms with Gasteiger partial charge >= 0.3 is 7.12 Å². The summed E-state index contributed by atoms with van der Waals surface area (Å²) in [4.78, 5) is 4.29. The molecule has 1 rings (SSSR count). The van der Waals surface area contributed by atoms with E-state index in [4.69, 9.17) is 4.65 Å². The Labute approximate surface area is 116 Å². The first-order chi connectivity index (χ1) is 8.56. The Morgan fingerprint density at radius 2 is 1.84 bits per heavy atom. The Bertz CT molecular complexity index is 427. The van der Waals surface area contributed by atoms with E-state index >= 15 is 0 Å². The van der Waals surface area contributed by atoms with Gasteiger partial charge in [0.15, 0.2) is 0 Å². The van der Waals surface area contributed by atoms with Crippen LogP contribution < -0.4 is 5.46 Å². The van der Waals surface area contributed by atoms with E-state index in [-0.39, 0.29) is 5.92 Å². The second-order valence-electron chi connectivity index (χ2n) is 6.17. The molecule has 5 heteroatoms. The molecule has 1 aromatic rings. The van der Waals surface area contributed by atoms with E-state index in [1.54, 1.807) is 46.0 Å². The Morgan fingerprint density at radius 3 is 2.32 bits per heavy atom. The smallest absolute Gasteiger partial charge is 0.423 e. The van der Waals surface area contributed by atoms with Gasteiger partial charge in [0.25, 0.3) is 0 Å². The topological polar surface area (TPSA) is 62.6 Å². The van der Waals surface area contributed by atoms with Crippen molar-refractivity contribution < 1.29 is 14.8 Å². The normalized spacial score (nSPS) is 12.9. The average Bonchev–Trinajstić information content (AvgIpc) is 2.26. The first-order valence-corrected chi connectivity index (χ1v) is 6.59. The van der Waals surface area contributed by atoms with Crippen LogP contribution in [0.25, 0.3) is 0 Å². The van der Waals surface area contributed by atoms with E-state index in [1.165, 1.54) is 0 Å². The van der Waals surface area contributed by atoms with Gasteiger partial charge in [-0.15, -0.1) is 0 Å². The number of pyridine rings is 1. The van der Waals surface area contributed by atoms with Crippen molar-refractivity contribution >= 4 is 12.6 Å². The third-order valence-corrected chi connectivity index (χ3v) is 3.56. The van der Waals surface area contributed by atoms with Crippen LogP contribution in [0.1, 0.15) is 53.2 Å². The molecular formula is C14H24BNO3. The Kier molecular flexibility index (Phi) is 4.77. The molecule has 19 heavy (non-hydrogen) atoms. The largest absolute Gasteiger partial charge is 0.493 e. The number of aliphatic hydroxyl groups is 1. The van der Waals surface area contributed by atoms with Crippen LogP contribution in [-0.4, -0.2) is 33.4 Å². The minimum Gasteiger partial charge on any atom is -0.423 e. The maximum Gasteiger partial charge on any atom is 0.493 e. The van der Waals surface area contributed by atoms with Crippen molar-refractivity contribution in [1.82, 2.24) is 4.98 Å². The first kappa shape index (κ1) is 16.2. The van der Waals surface area contributed by atoms with Crippen LogP contribution >= 0.6 is 0 Å². The number of rotatable bonds is 5. The van der Waals surface area contributed by atoms with Gasteiger partial charge in [-0.25, -0.2) is 0 Å². The van der Waals surface area contributed by atoms with Gasteiger partial charge in [-0.2, -0.15) is 0 Å². The van der Waals surface area contributed by atoms with Crippen LogP contribution in [-0.2, 0) is 4.65 Å². The van der Waals surface area contributed by atoms with Gasteiger partial charge in [-0.3, -0.25) is 4.98 Å². The summed E-state index contributed by atoms with van der Waals surface area (Å²) in [6, 6.07) is 3.57. The van der Waals surface area contributed by atoms with Gasteiger partial charge in [-0.1, -0.05) is 19.9 Å². The Morgan fingerprint density at radius 1 is 1.26 bits per heavy atom. The third-order valence-electron chi connectivity index (χ3n) is 3.56. The number of nitrogens with zero attached hydrogens (tertiary/aromatic N) is 1. The predicted molar refractivity (Wildman–Crippen MR) is 77.4 cm³/mol. The molecule has 1 heterocycles. The van der Waals surface area contributed by atoms with Crippen molar-refractivity contribution in [3.63, 3.8) is 0 Å². The molecule has 0 aliphatic rings. The zero-order valence-electron chi connectivity index (χ0n) is 12.6. The van der Waals surface area contributed by atoms with Gasteiger partial charge < -0.3 is 14.8 Å². The van der Waals surface area contributed by atoms with Crippen LogP contribution in [0, 0.1) is 0 Å². The van der Waals surface area contributed by atoms with E-state index in [2.05, 4.69) is 4.98 Å². The zero-order chi connectivity index (χ0) is 14.8. The van der Waals surface area contributed by atoms with Crippen LogP contribution in [0.3, 0.4) is 0 Å². The highest BCUT2D eigenvalue weighted by atomic mass is 16.5. The summed E-state index contributed by atoms with van der Waals surface area (Å²) >= 11 is 0. The second kappa shape index (κ2) is 5.61. The lowest BCUT2D eigenvalue weighted by atomic mass is 9.74. The summed E-state index contributed by atoms with van der Waals surface area (Å²) in [5.74, 6) is 0.194. The maximum absolute atomic E-state index is 10.3. The Hall–Kier alpha value is -0.905. The molecule has 0 bridgehead atoms. The third kappa shape index (κ3) is 3.78. The number of aromatic nitrogens is 1. The molecule has 0 unspecified atom stereocenters. The average molecular weight is 265 g/mol. The molecular weight excluding hydrogens is 241 g/mol. The summed E-state index contributed by atoms with van der Waals surface area (Å²) in [6.07, 6.45) is 1.70. The van der Waals surface area contributed by atoms with Gasteiger partial charge in [-0.05, 0) is 39.7 Å². The van der Waals surface area contributed by atoms with E-state index < -0.39 is 18.3 Å². The standard InChI is InChI=1S/C14H24BNO3/c1-10(2)12-11(8-7-9-16-12)15(18)19-14(5,6)13(3,4)17/h7-10,17-18H,1-6H3. The fourth-order valence-corrected chi connectivity index (χ4v) is 1.61. The highest BCUT2D eigenvalue weighted by Gasteiger charge is 2.40. The van der Waals surface area contributed by atoms with Crippen LogP contribution in [0.4, 0.5) is 0 Å². The van der Waals surface area contributed by atoms with Crippen molar-refractivity contribution in [2.75, 3.05) is 0 Å². The summed E-state index contributed by atoms with van der Waals surface area (Å²) in [5.41, 5.74) is -0.485. The molecule has 1 aromatic heterocycles. The maximum atomic E-state index is 10.3. The van der Waals surface area contributed by atoms with Gasteiger partial charge in [0, 0.05) is 17.4 Å². The summed E-state index contributed by atoms with van der Waals surface area (Å²) in [7, 11) is -1.10. The van der Waals surface area contributed by atoms with Gasteiger partial charge in [0.1, 0.15) is 0 Å². The highest BCUT2D eigenvalue weighted by molar-refractivity contribution is 6.60. The van der Waals surface area contributed by atoms with Crippen LogP contribution in [0.2, 0.25) is 0 Å². The van der Waals surface area contributed by atoms with E-state index in [9.17, 15) is 10.1 Å². The van der Waals surface area contributed by atoms with Crippen molar-refractivity contribution in [1.29, 1.82) is 0 Å². The molecule has 0 saturated carbocycles. The van der Waals surface area contributed by atoms with Crippen molar-refractivity contribution in [2.24, 2.45) is 0 Å². The van der Waals surface area contributed by atoms with E-state index in [0.29, 0.717) is 5.46 Å². The molecule has 0 saturated heterocycles. The quantitative estimate of drug-likeness (QED) is 0.791. The minimum absolute atomic E-state index is 0.194. The number of hydrogen-bond donors (Lipinski definition) is 2. The first-order valence-electron chi connectivity index (χ1n) is 6.59. The molecule has 0 aliphatic carbocycles. The summed E-state index contributed by atoms with van der Waals surface area (Å²) in [5, 5.41) is 20.3. The monoisotopic (exact) mass is 265 g/mol. The van der Waals surface area contributed by atoms with Gasteiger partial charge in [0.2, 0.25) is 0 Å². The molecule has 0 atom stereocenters. The van der Waals surface area contributed by atoms with Crippen molar-refractivity contribution in [3.05, 3.63) is 24.0 Å². The minimum atomic E-state index is -1.10. The molecule has 0 spiro atoms. The van der Waals surface area contributed by atoms with Gasteiger partial charge in [0.05, 0.1) is 11.2 Å². The molecule has 4 nitrogen and oxygen atoms in total. The van der Waals surface area contributed by atoms with E-state index in [1.807, 2.05) is 13.8 Å². The lowest BCUT2D eigenvalue weighted by molar-refractivity contribution is -0.0982. The zero-order valence-corrected chi connectivity index (χ0v) is 12.6. The SMILES string of the molecule is CC(C)c1ncccc1B(O)OC(C)(C)C(C)(C)O. The Balaban J connectivity index is 2.99. The van der Waals surface area contributed by atoms with Crippen molar-refractivity contribution in [3.8, 4) is 0 Å².